The molecule has 0 saturated heterocycles. The highest BCUT2D eigenvalue weighted by atomic mass is 127. The van der Waals surface area contributed by atoms with Crippen LogP contribution in [0.2, 0.25) is 5.02 Å². The van der Waals surface area contributed by atoms with Crippen molar-refractivity contribution in [3.63, 3.8) is 0 Å². The van der Waals surface area contributed by atoms with Gasteiger partial charge in [-0.3, -0.25) is 0 Å². The quantitative estimate of drug-likeness (QED) is 0.516. The minimum Gasteiger partial charge on any atom is -0.389 e. The van der Waals surface area contributed by atoms with E-state index in [2.05, 4.69) is 50.2 Å². The topological polar surface area (TPSA) is 43.8 Å². The number of thiocarbonyl (C=S) groups is 1. The third-order valence-electron chi connectivity index (χ3n) is 2.41. The van der Waals surface area contributed by atoms with Crippen molar-refractivity contribution < 1.29 is 0 Å². The number of imidazole rings is 1. The van der Waals surface area contributed by atoms with Gasteiger partial charge < -0.3 is 10.3 Å². The zero-order valence-corrected chi connectivity index (χ0v) is 14.9. The third-order valence-corrected chi connectivity index (χ3v) is 5.95. The Morgan fingerprint density at radius 1 is 1.44 bits per heavy atom. The minimum absolute atomic E-state index is 0.357. The summed E-state index contributed by atoms with van der Waals surface area (Å²) in [6.07, 6.45) is 1.81. The molecule has 2 rings (SSSR count). The zero-order chi connectivity index (χ0) is 13.3. The second-order valence-corrected chi connectivity index (χ2v) is 6.52. The van der Waals surface area contributed by atoms with Gasteiger partial charge in [0.05, 0.1) is 12.9 Å². The summed E-state index contributed by atoms with van der Waals surface area (Å²) in [5, 5.41) is 0.666. The Hall–Kier alpha value is 0.0700. The van der Waals surface area contributed by atoms with E-state index < -0.39 is 0 Å². The molecule has 1 heterocycles. The van der Waals surface area contributed by atoms with E-state index in [4.69, 9.17) is 29.6 Å². The summed E-state index contributed by atoms with van der Waals surface area (Å²) in [4.78, 5) is 4.60. The van der Waals surface area contributed by atoms with Gasteiger partial charge in [-0.25, -0.2) is 4.98 Å². The van der Waals surface area contributed by atoms with Crippen LogP contribution in [0.5, 0.6) is 0 Å². The van der Waals surface area contributed by atoms with Gasteiger partial charge in [0, 0.05) is 10.6 Å². The Balaban J connectivity index is 2.30. The van der Waals surface area contributed by atoms with Crippen LogP contribution in [0.25, 0.3) is 0 Å². The van der Waals surface area contributed by atoms with E-state index in [0.29, 0.717) is 16.6 Å². The number of nitrogens with two attached hydrogens (primary N) is 1. The highest BCUT2D eigenvalue weighted by Crippen LogP contribution is 2.21. The van der Waals surface area contributed by atoms with Gasteiger partial charge in [-0.15, -0.1) is 0 Å². The summed E-state index contributed by atoms with van der Waals surface area (Å²) < 4.78 is 4.14. The van der Waals surface area contributed by atoms with E-state index >= 15 is 0 Å². The van der Waals surface area contributed by atoms with Crippen LogP contribution in [0.15, 0.2) is 24.5 Å². The lowest BCUT2D eigenvalue weighted by Gasteiger charge is -2.08. The average Bonchev–Trinajstić information content (AvgIpc) is 2.63. The molecule has 0 atom stereocenters. The van der Waals surface area contributed by atoms with E-state index in [1.807, 2.05) is 16.7 Å². The van der Waals surface area contributed by atoms with Crippen molar-refractivity contribution in [2.24, 2.45) is 5.73 Å². The van der Waals surface area contributed by atoms with Crippen LogP contribution in [-0.2, 0) is 6.54 Å². The molecule has 1 aromatic carbocycles. The Morgan fingerprint density at radius 3 is 2.67 bits per heavy atom. The Bertz CT molecular complexity index is 612. The number of hydrogen-bond acceptors (Lipinski definition) is 2. The number of nitrogens with zero attached hydrogens (tertiary/aromatic N) is 2. The van der Waals surface area contributed by atoms with Crippen LogP contribution in [-0.4, -0.2) is 14.5 Å². The average molecular weight is 504 g/mol. The second kappa shape index (κ2) is 6.02. The maximum Gasteiger partial charge on any atom is 0.132 e. The fourth-order valence-corrected chi connectivity index (χ4v) is 2.70. The molecule has 0 radical (unpaired) electrons. The van der Waals surface area contributed by atoms with E-state index in [1.165, 1.54) is 0 Å². The summed E-state index contributed by atoms with van der Waals surface area (Å²) in [7, 11) is 0. The van der Waals surface area contributed by atoms with Gasteiger partial charge in [-0.1, -0.05) is 36.0 Å². The molecule has 1 aromatic heterocycles. The fraction of sp³-hybridized carbons (Fsp3) is 0.0909. The molecule has 2 aromatic rings. The Kier molecular flexibility index (Phi) is 4.84. The summed E-state index contributed by atoms with van der Waals surface area (Å²) in [5.41, 5.74) is 7.37. The molecule has 0 spiro atoms. The van der Waals surface area contributed by atoms with Crippen molar-refractivity contribution in [3.8, 4) is 0 Å². The van der Waals surface area contributed by atoms with Gasteiger partial charge in [0.15, 0.2) is 0 Å². The molecule has 0 aliphatic carbocycles. The predicted octanol–water partition coefficient (Wildman–Crippen LogP) is 3.43. The van der Waals surface area contributed by atoms with Gasteiger partial charge in [-0.2, -0.15) is 0 Å². The molecule has 0 unspecified atom stereocenters. The van der Waals surface area contributed by atoms with Crippen LogP contribution < -0.4 is 5.73 Å². The lowest BCUT2D eigenvalue weighted by Crippen LogP contribution is -2.10. The van der Waals surface area contributed by atoms with Gasteiger partial charge in [0.2, 0.25) is 0 Å². The lowest BCUT2D eigenvalue weighted by molar-refractivity contribution is 0.777. The van der Waals surface area contributed by atoms with E-state index in [9.17, 15) is 0 Å². The predicted molar refractivity (Wildman–Crippen MR) is 94.1 cm³/mol. The van der Waals surface area contributed by atoms with Crippen molar-refractivity contribution in [1.29, 1.82) is 0 Å². The molecule has 3 nitrogen and oxygen atoms in total. The summed E-state index contributed by atoms with van der Waals surface area (Å²) >= 11 is 15.6. The Labute approximate surface area is 142 Å². The molecule has 0 amide bonds. The third kappa shape index (κ3) is 3.14. The van der Waals surface area contributed by atoms with Crippen molar-refractivity contribution in [3.05, 3.63) is 48.1 Å². The number of hydrogen-bond donors (Lipinski definition) is 1. The fourth-order valence-electron chi connectivity index (χ4n) is 1.47. The van der Waals surface area contributed by atoms with E-state index in [1.54, 1.807) is 12.4 Å². The summed E-state index contributed by atoms with van der Waals surface area (Å²) in [6, 6.07) is 5.63. The molecule has 7 heteroatoms. The van der Waals surface area contributed by atoms with Crippen LogP contribution in [0.4, 0.5) is 0 Å². The van der Waals surface area contributed by atoms with Crippen molar-refractivity contribution in [2.75, 3.05) is 0 Å². The summed E-state index contributed by atoms with van der Waals surface area (Å²) in [6.45, 7) is 0.685. The maximum absolute atomic E-state index is 6.23. The van der Waals surface area contributed by atoms with Crippen LogP contribution in [0.1, 0.15) is 11.1 Å². The first-order valence-corrected chi connectivity index (χ1v) is 7.87. The summed E-state index contributed by atoms with van der Waals surface area (Å²) in [5.74, 6) is 0. The number of halogens is 3. The first-order valence-electron chi connectivity index (χ1n) is 4.93. The lowest BCUT2D eigenvalue weighted by atomic mass is 10.1. The largest absolute Gasteiger partial charge is 0.389 e. The van der Waals surface area contributed by atoms with Gasteiger partial charge in [-0.05, 0) is 56.8 Å². The molecule has 2 N–H and O–H groups in total. The standard InChI is InChI=1S/C11H8ClI2N3S/c12-8-3-6(11(15)18)1-2-7(8)4-17-5-16-9(13)10(17)14/h1-3,5H,4H2,(H2,15,18). The molecular weight excluding hydrogens is 495 g/mol. The van der Waals surface area contributed by atoms with Gasteiger partial charge in [0.1, 0.15) is 12.4 Å². The van der Waals surface area contributed by atoms with Crippen molar-refractivity contribution in [2.45, 2.75) is 6.54 Å². The maximum atomic E-state index is 6.23. The Morgan fingerprint density at radius 2 is 2.17 bits per heavy atom. The molecule has 94 valence electrons. The number of rotatable bonds is 3. The van der Waals surface area contributed by atoms with Crippen molar-refractivity contribution in [1.82, 2.24) is 9.55 Å². The van der Waals surface area contributed by atoms with Crippen LogP contribution in [0, 0.1) is 7.40 Å². The molecule has 0 aliphatic rings. The normalized spacial score (nSPS) is 10.6. The first kappa shape index (κ1) is 14.5. The zero-order valence-electron chi connectivity index (χ0n) is 9.03. The molecular formula is C11H8ClI2N3S. The molecule has 0 aliphatic heterocycles. The van der Waals surface area contributed by atoms with Gasteiger partial charge in [0.25, 0.3) is 0 Å². The van der Waals surface area contributed by atoms with E-state index in [0.717, 1.165) is 18.5 Å². The molecule has 0 fully saturated rings. The second-order valence-electron chi connectivity index (χ2n) is 3.62. The highest BCUT2D eigenvalue weighted by Gasteiger charge is 2.08. The SMILES string of the molecule is NC(=S)c1ccc(Cn2cnc(I)c2I)c(Cl)c1. The smallest absolute Gasteiger partial charge is 0.132 e. The highest BCUT2D eigenvalue weighted by molar-refractivity contribution is 14.1. The molecule has 0 saturated carbocycles. The van der Waals surface area contributed by atoms with Crippen LogP contribution in [0.3, 0.4) is 0 Å². The van der Waals surface area contributed by atoms with Crippen molar-refractivity contribution >= 4 is 74.0 Å². The van der Waals surface area contributed by atoms with E-state index in [-0.39, 0.29) is 0 Å². The molecule has 18 heavy (non-hydrogen) atoms. The first-order chi connectivity index (χ1) is 8.49. The van der Waals surface area contributed by atoms with Gasteiger partial charge >= 0.3 is 0 Å². The number of aromatic nitrogens is 2. The molecule has 0 bridgehead atoms. The van der Waals surface area contributed by atoms with Crippen LogP contribution >= 0.6 is 69.0 Å². The minimum atomic E-state index is 0.357. The monoisotopic (exact) mass is 503 g/mol. The number of benzene rings is 1.